The molecule has 0 aliphatic carbocycles. The fourth-order valence-electron chi connectivity index (χ4n) is 4.00. The molecule has 6 nitrogen and oxygen atoms in total. The van der Waals surface area contributed by atoms with Gasteiger partial charge in [-0.3, -0.25) is 14.4 Å². The van der Waals surface area contributed by atoms with E-state index < -0.39 is 0 Å². The average molecular weight is 357 g/mol. The summed E-state index contributed by atoms with van der Waals surface area (Å²) in [6.45, 7) is 4.83. The van der Waals surface area contributed by atoms with Crippen LogP contribution in [0.3, 0.4) is 0 Å². The van der Waals surface area contributed by atoms with Crippen molar-refractivity contribution in [3.63, 3.8) is 0 Å². The number of hydrogen-bond donors (Lipinski definition) is 1. The highest BCUT2D eigenvalue weighted by Crippen LogP contribution is 2.29. The van der Waals surface area contributed by atoms with Gasteiger partial charge in [-0.1, -0.05) is 6.92 Å². The highest BCUT2D eigenvalue weighted by Gasteiger charge is 2.39. The SMILES string of the molecule is CC[C@@H]1CCCCN1C(=O)[C@H]1CC(=O)N(c2ccc(NC(C)=O)cc2)C1. The molecule has 2 atom stereocenters. The maximum absolute atomic E-state index is 13.0. The van der Waals surface area contributed by atoms with Crippen molar-refractivity contribution >= 4 is 29.1 Å². The van der Waals surface area contributed by atoms with Crippen LogP contribution in [0.15, 0.2) is 24.3 Å². The van der Waals surface area contributed by atoms with Gasteiger partial charge in [-0.25, -0.2) is 0 Å². The molecule has 0 spiro atoms. The van der Waals surface area contributed by atoms with Gasteiger partial charge in [0.05, 0.1) is 5.92 Å². The molecule has 2 saturated heterocycles. The Morgan fingerprint density at radius 2 is 1.92 bits per heavy atom. The first kappa shape index (κ1) is 18.4. The van der Waals surface area contributed by atoms with Crippen LogP contribution >= 0.6 is 0 Å². The Hall–Kier alpha value is -2.37. The molecule has 6 heteroatoms. The van der Waals surface area contributed by atoms with Gasteiger partial charge < -0.3 is 15.1 Å². The largest absolute Gasteiger partial charge is 0.339 e. The second-order valence-corrected chi connectivity index (χ2v) is 7.22. The summed E-state index contributed by atoms with van der Waals surface area (Å²) in [4.78, 5) is 40.2. The highest BCUT2D eigenvalue weighted by molar-refractivity contribution is 6.00. The fourth-order valence-corrected chi connectivity index (χ4v) is 4.00. The molecule has 0 saturated carbocycles. The zero-order chi connectivity index (χ0) is 18.7. The van der Waals surface area contributed by atoms with E-state index in [4.69, 9.17) is 0 Å². The van der Waals surface area contributed by atoms with Crippen molar-refractivity contribution in [2.45, 2.75) is 52.0 Å². The number of benzene rings is 1. The van der Waals surface area contributed by atoms with Gasteiger partial charge in [-0.15, -0.1) is 0 Å². The summed E-state index contributed by atoms with van der Waals surface area (Å²) in [5, 5.41) is 2.71. The summed E-state index contributed by atoms with van der Waals surface area (Å²) in [5.74, 6) is -0.278. The zero-order valence-electron chi connectivity index (χ0n) is 15.5. The van der Waals surface area contributed by atoms with Crippen LogP contribution in [0.1, 0.15) is 46.0 Å². The van der Waals surface area contributed by atoms with Gasteiger partial charge in [0.2, 0.25) is 17.7 Å². The second-order valence-electron chi connectivity index (χ2n) is 7.22. The minimum Gasteiger partial charge on any atom is -0.339 e. The van der Waals surface area contributed by atoms with E-state index in [0.717, 1.165) is 31.5 Å². The molecule has 140 valence electrons. The molecule has 2 aliphatic rings. The first-order chi connectivity index (χ1) is 12.5. The number of rotatable bonds is 4. The Kier molecular flexibility index (Phi) is 5.59. The molecule has 0 unspecified atom stereocenters. The Balaban J connectivity index is 1.68. The lowest BCUT2D eigenvalue weighted by atomic mass is 9.97. The molecule has 3 amide bonds. The molecule has 2 aliphatic heterocycles. The van der Waals surface area contributed by atoms with Gasteiger partial charge in [-0.05, 0) is 49.9 Å². The van der Waals surface area contributed by atoms with Crippen LogP contribution in [0, 0.1) is 5.92 Å². The second kappa shape index (κ2) is 7.89. The third-order valence-corrected chi connectivity index (χ3v) is 5.36. The van der Waals surface area contributed by atoms with Crippen molar-refractivity contribution < 1.29 is 14.4 Å². The van der Waals surface area contributed by atoms with E-state index in [1.807, 2.05) is 17.0 Å². The van der Waals surface area contributed by atoms with Gasteiger partial charge in [0.1, 0.15) is 0 Å². The molecule has 0 aromatic heterocycles. The van der Waals surface area contributed by atoms with Crippen molar-refractivity contribution in [3.8, 4) is 0 Å². The van der Waals surface area contributed by atoms with Crippen LogP contribution in [-0.4, -0.2) is 41.8 Å². The standard InChI is InChI=1S/C20H27N3O3/c1-3-17-6-4-5-11-22(17)20(26)15-12-19(25)23(13-15)18-9-7-16(8-10-18)21-14(2)24/h7-10,15,17H,3-6,11-13H2,1-2H3,(H,21,24)/t15-,17+/m0/s1. The molecule has 1 aromatic rings. The van der Waals surface area contributed by atoms with Gasteiger partial charge >= 0.3 is 0 Å². The molecule has 1 N–H and O–H groups in total. The van der Waals surface area contributed by atoms with Gasteiger partial charge in [-0.2, -0.15) is 0 Å². The molecular formula is C20H27N3O3. The summed E-state index contributed by atoms with van der Waals surface area (Å²) in [6, 6.07) is 7.49. The van der Waals surface area contributed by atoms with E-state index in [1.165, 1.54) is 13.3 Å². The number of likely N-dealkylation sites (tertiary alicyclic amines) is 1. The summed E-state index contributed by atoms with van der Waals surface area (Å²) in [7, 11) is 0. The van der Waals surface area contributed by atoms with E-state index in [9.17, 15) is 14.4 Å². The highest BCUT2D eigenvalue weighted by atomic mass is 16.2. The van der Waals surface area contributed by atoms with Crippen LogP contribution in [-0.2, 0) is 14.4 Å². The van der Waals surface area contributed by atoms with Crippen LogP contribution < -0.4 is 10.2 Å². The van der Waals surface area contributed by atoms with Crippen LogP contribution in [0.4, 0.5) is 11.4 Å². The number of piperidine rings is 1. The third-order valence-electron chi connectivity index (χ3n) is 5.36. The zero-order valence-corrected chi connectivity index (χ0v) is 15.5. The van der Waals surface area contributed by atoms with E-state index >= 15 is 0 Å². The van der Waals surface area contributed by atoms with E-state index in [0.29, 0.717) is 18.3 Å². The molecular weight excluding hydrogens is 330 g/mol. The smallest absolute Gasteiger partial charge is 0.228 e. The first-order valence-electron chi connectivity index (χ1n) is 9.48. The molecule has 1 aromatic carbocycles. The van der Waals surface area contributed by atoms with Crippen molar-refractivity contribution in [2.75, 3.05) is 23.3 Å². The van der Waals surface area contributed by atoms with Gasteiger partial charge in [0, 0.05) is 43.9 Å². The van der Waals surface area contributed by atoms with E-state index in [1.54, 1.807) is 17.0 Å². The van der Waals surface area contributed by atoms with Crippen LogP contribution in [0.25, 0.3) is 0 Å². The Morgan fingerprint density at radius 3 is 2.58 bits per heavy atom. The predicted octanol–water partition coefficient (Wildman–Crippen LogP) is 2.79. The fraction of sp³-hybridized carbons (Fsp3) is 0.550. The van der Waals surface area contributed by atoms with Crippen LogP contribution in [0.2, 0.25) is 0 Å². The number of carbonyl (C=O) groups excluding carboxylic acids is 3. The lowest BCUT2D eigenvalue weighted by molar-refractivity contribution is -0.139. The molecule has 26 heavy (non-hydrogen) atoms. The normalized spacial score (nSPS) is 23.2. The topological polar surface area (TPSA) is 69.7 Å². The number of anilines is 2. The number of amides is 3. The number of hydrogen-bond acceptors (Lipinski definition) is 3. The summed E-state index contributed by atoms with van der Waals surface area (Å²) < 4.78 is 0. The summed E-state index contributed by atoms with van der Waals surface area (Å²) in [5.41, 5.74) is 1.46. The monoisotopic (exact) mass is 357 g/mol. The van der Waals surface area contributed by atoms with E-state index in [-0.39, 0.29) is 30.1 Å². The van der Waals surface area contributed by atoms with Gasteiger partial charge in [0.25, 0.3) is 0 Å². The molecule has 2 heterocycles. The minimum atomic E-state index is -0.260. The third kappa shape index (κ3) is 3.89. The Bertz CT molecular complexity index is 686. The lowest BCUT2D eigenvalue weighted by Gasteiger charge is -2.36. The number of nitrogens with zero attached hydrogens (tertiary/aromatic N) is 2. The summed E-state index contributed by atoms with van der Waals surface area (Å²) in [6.07, 6.45) is 4.55. The van der Waals surface area contributed by atoms with Crippen molar-refractivity contribution in [3.05, 3.63) is 24.3 Å². The molecule has 3 rings (SSSR count). The van der Waals surface area contributed by atoms with Crippen molar-refractivity contribution in [1.82, 2.24) is 4.90 Å². The first-order valence-corrected chi connectivity index (χ1v) is 9.48. The van der Waals surface area contributed by atoms with Gasteiger partial charge in [0.15, 0.2) is 0 Å². The minimum absolute atomic E-state index is 0.0133. The lowest BCUT2D eigenvalue weighted by Crippen LogP contribution is -2.46. The Labute approximate surface area is 154 Å². The van der Waals surface area contributed by atoms with E-state index in [2.05, 4.69) is 12.2 Å². The molecule has 2 fully saturated rings. The van der Waals surface area contributed by atoms with Crippen LogP contribution in [0.5, 0.6) is 0 Å². The maximum atomic E-state index is 13.0. The quantitative estimate of drug-likeness (QED) is 0.901. The predicted molar refractivity (Wildman–Crippen MR) is 101 cm³/mol. The number of carbonyl (C=O) groups is 3. The number of nitrogens with one attached hydrogen (secondary N) is 1. The molecule has 0 radical (unpaired) electrons. The van der Waals surface area contributed by atoms with Crippen molar-refractivity contribution in [1.29, 1.82) is 0 Å². The maximum Gasteiger partial charge on any atom is 0.228 e. The van der Waals surface area contributed by atoms with Crippen molar-refractivity contribution in [2.24, 2.45) is 5.92 Å². The summed E-state index contributed by atoms with van der Waals surface area (Å²) >= 11 is 0. The average Bonchev–Trinajstić information content (AvgIpc) is 3.03. The Morgan fingerprint density at radius 1 is 1.19 bits per heavy atom. The molecule has 0 bridgehead atoms.